The second-order valence-corrected chi connectivity index (χ2v) is 5.86. The van der Waals surface area contributed by atoms with Gasteiger partial charge in [-0.05, 0) is 24.3 Å². The number of aromatic nitrogens is 5. The minimum atomic E-state index is -0.184. The van der Waals surface area contributed by atoms with Crippen molar-refractivity contribution in [1.82, 2.24) is 24.5 Å². The van der Waals surface area contributed by atoms with Gasteiger partial charge in [-0.25, -0.2) is 4.98 Å². The summed E-state index contributed by atoms with van der Waals surface area (Å²) in [5.74, 6) is 0.483. The molecule has 0 bridgehead atoms. The van der Waals surface area contributed by atoms with Crippen LogP contribution in [0.25, 0.3) is 16.7 Å². The Kier molecular flexibility index (Phi) is 2.93. The van der Waals surface area contributed by atoms with Crippen LogP contribution in [0, 0.1) is 0 Å². The molecule has 0 atom stereocenters. The van der Waals surface area contributed by atoms with Crippen LogP contribution in [-0.4, -0.2) is 37.0 Å². The largest absolute Gasteiger partial charge is 0.308 e. The number of carbonyl (C=O) groups excluding carboxylic acids is 1. The number of fused-ring (bicyclic) bond motifs is 3. The number of imidazole rings is 1. The Morgan fingerprint density at radius 2 is 1.76 bits per heavy atom. The van der Waals surface area contributed by atoms with E-state index in [-0.39, 0.29) is 5.91 Å². The van der Waals surface area contributed by atoms with Crippen molar-refractivity contribution < 1.29 is 4.79 Å². The van der Waals surface area contributed by atoms with Gasteiger partial charge in [0.25, 0.3) is 5.91 Å². The van der Waals surface area contributed by atoms with Crippen molar-refractivity contribution in [2.75, 3.05) is 11.4 Å². The zero-order valence-corrected chi connectivity index (χ0v) is 13.3. The molecule has 5 rings (SSSR count). The van der Waals surface area contributed by atoms with Gasteiger partial charge in [-0.2, -0.15) is 9.90 Å². The van der Waals surface area contributed by atoms with Gasteiger partial charge in [0.1, 0.15) is 0 Å². The lowest BCUT2D eigenvalue weighted by Gasteiger charge is -2.11. The molecule has 0 N–H and O–H groups in total. The predicted octanol–water partition coefficient (Wildman–Crippen LogP) is 2.28. The number of amides is 1. The summed E-state index contributed by atoms with van der Waals surface area (Å²) in [6, 6.07) is 17.4. The second-order valence-electron chi connectivity index (χ2n) is 5.86. The average molecular weight is 330 g/mol. The quantitative estimate of drug-likeness (QED) is 0.565. The van der Waals surface area contributed by atoms with Gasteiger partial charge in [0.05, 0.1) is 22.9 Å². The molecular weight excluding hydrogens is 316 g/mol. The third-order valence-corrected chi connectivity index (χ3v) is 4.37. The Morgan fingerprint density at radius 3 is 2.64 bits per heavy atom. The van der Waals surface area contributed by atoms with Crippen LogP contribution in [-0.2, 0) is 6.54 Å². The molecule has 0 aliphatic carbocycles. The molecule has 122 valence electrons. The summed E-state index contributed by atoms with van der Waals surface area (Å²) >= 11 is 0. The minimum absolute atomic E-state index is 0.184. The van der Waals surface area contributed by atoms with Gasteiger partial charge in [-0.15, -0.1) is 5.10 Å². The Balaban J connectivity index is 1.50. The first-order valence-electron chi connectivity index (χ1n) is 8.06. The van der Waals surface area contributed by atoms with E-state index in [1.807, 2.05) is 54.6 Å². The molecule has 25 heavy (non-hydrogen) atoms. The second kappa shape index (κ2) is 5.27. The molecule has 2 aromatic heterocycles. The highest BCUT2D eigenvalue weighted by atomic mass is 16.2. The third kappa shape index (κ3) is 2.13. The molecule has 3 heterocycles. The highest BCUT2D eigenvalue weighted by molar-refractivity contribution is 6.05. The van der Waals surface area contributed by atoms with Crippen LogP contribution in [0.15, 0.2) is 60.8 Å². The first-order chi connectivity index (χ1) is 12.3. The molecule has 0 unspecified atom stereocenters. The standard InChI is InChI=1S/C18H14N6O/c25-17(15-12-19-24(21-15)13-6-2-1-3-7-13)23-11-10-22-16-9-5-4-8-14(16)20-18(22)23/h1-9,12H,10-11H2. The fourth-order valence-corrected chi connectivity index (χ4v) is 3.17. The smallest absolute Gasteiger partial charge is 0.282 e. The first-order valence-corrected chi connectivity index (χ1v) is 8.06. The number of hydrogen-bond acceptors (Lipinski definition) is 4. The summed E-state index contributed by atoms with van der Waals surface area (Å²) in [6.07, 6.45) is 1.50. The lowest BCUT2D eigenvalue weighted by Crippen LogP contribution is -2.29. The van der Waals surface area contributed by atoms with E-state index >= 15 is 0 Å². The summed E-state index contributed by atoms with van der Waals surface area (Å²) in [7, 11) is 0. The number of carbonyl (C=O) groups is 1. The fraction of sp³-hybridized carbons (Fsp3) is 0.111. The molecule has 1 aliphatic heterocycles. The summed E-state index contributed by atoms with van der Waals surface area (Å²) in [4.78, 5) is 20.6. The van der Waals surface area contributed by atoms with Crippen molar-refractivity contribution in [3.05, 3.63) is 66.5 Å². The summed E-state index contributed by atoms with van der Waals surface area (Å²) < 4.78 is 2.06. The molecule has 1 amide bonds. The van der Waals surface area contributed by atoms with E-state index in [9.17, 15) is 4.79 Å². The zero-order chi connectivity index (χ0) is 16.8. The molecular formula is C18H14N6O. The van der Waals surface area contributed by atoms with Crippen molar-refractivity contribution in [2.24, 2.45) is 0 Å². The van der Waals surface area contributed by atoms with Gasteiger partial charge in [0, 0.05) is 13.1 Å². The van der Waals surface area contributed by atoms with Gasteiger partial charge in [-0.3, -0.25) is 9.69 Å². The van der Waals surface area contributed by atoms with Crippen molar-refractivity contribution in [2.45, 2.75) is 6.54 Å². The van der Waals surface area contributed by atoms with Crippen molar-refractivity contribution >= 4 is 22.9 Å². The maximum atomic E-state index is 12.9. The number of rotatable bonds is 2. The number of nitrogens with zero attached hydrogens (tertiary/aromatic N) is 6. The van der Waals surface area contributed by atoms with E-state index in [2.05, 4.69) is 19.7 Å². The van der Waals surface area contributed by atoms with Crippen LogP contribution >= 0.6 is 0 Å². The molecule has 0 spiro atoms. The molecule has 4 aromatic rings. The van der Waals surface area contributed by atoms with Crippen LogP contribution in [0.2, 0.25) is 0 Å². The number of para-hydroxylation sites is 3. The van der Waals surface area contributed by atoms with E-state index < -0.39 is 0 Å². The van der Waals surface area contributed by atoms with Crippen LogP contribution in [0.5, 0.6) is 0 Å². The highest BCUT2D eigenvalue weighted by Crippen LogP contribution is 2.28. The summed E-state index contributed by atoms with van der Waals surface area (Å²) in [6.45, 7) is 1.32. The molecule has 1 aliphatic rings. The van der Waals surface area contributed by atoms with Gasteiger partial charge >= 0.3 is 0 Å². The molecule has 0 fully saturated rings. The van der Waals surface area contributed by atoms with Crippen LogP contribution in [0.1, 0.15) is 10.5 Å². The maximum Gasteiger partial charge on any atom is 0.282 e. The summed E-state index contributed by atoms with van der Waals surface area (Å²) in [5, 5.41) is 8.54. The Hall–Kier alpha value is -3.48. The van der Waals surface area contributed by atoms with Crippen molar-refractivity contribution in [1.29, 1.82) is 0 Å². The van der Waals surface area contributed by atoms with E-state index in [4.69, 9.17) is 0 Å². The van der Waals surface area contributed by atoms with Gasteiger partial charge in [-0.1, -0.05) is 30.3 Å². The van der Waals surface area contributed by atoms with Crippen molar-refractivity contribution in [3.8, 4) is 5.69 Å². The Bertz CT molecular complexity index is 1080. The Morgan fingerprint density at radius 1 is 0.960 bits per heavy atom. The zero-order valence-electron chi connectivity index (χ0n) is 13.3. The topological polar surface area (TPSA) is 68.8 Å². The third-order valence-electron chi connectivity index (χ3n) is 4.37. The van der Waals surface area contributed by atoms with E-state index in [0.717, 1.165) is 23.3 Å². The Labute approximate surface area is 143 Å². The normalized spacial score (nSPS) is 13.4. The first kappa shape index (κ1) is 13.9. The van der Waals surface area contributed by atoms with Crippen LogP contribution in [0.4, 0.5) is 5.95 Å². The number of anilines is 1. The van der Waals surface area contributed by atoms with Gasteiger partial charge in [0.2, 0.25) is 5.95 Å². The SMILES string of the molecule is O=C(c1cnn(-c2ccccc2)n1)N1CCn2c1nc1ccccc12. The molecule has 7 nitrogen and oxygen atoms in total. The highest BCUT2D eigenvalue weighted by Gasteiger charge is 2.30. The van der Waals surface area contributed by atoms with Crippen molar-refractivity contribution in [3.63, 3.8) is 0 Å². The predicted molar refractivity (Wildman–Crippen MR) is 92.8 cm³/mol. The lowest BCUT2D eigenvalue weighted by molar-refractivity contribution is 0.0983. The lowest BCUT2D eigenvalue weighted by atomic mass is 10.3. The number of benzene rings is 2. The van der Waals surface area contributed by atoms with E-state index in [1.165, 1.54) is 11.0 Å². The van der Waals surface area contributed by atoms with Gasteiger partial charge in [0.15, 0.2) is 5.69 Å². The minimum Gasteiger partial charge on any atom is -0.308 e. The molecule has 0 radical (unpaired) electrons. The monoisotopic (exact) mass is 330 g/mol. The molecule has 2 aromatic carbocycles. The van der Waals surface area contributed by atoms with Crippen LogP contribution < -0.4 is 4.90 Å². The van der Waals surface area contributed by atoms with Crippen LogP contribution in [0.3, 0.4) is 0 Å². The number of hydrogen-bond donors (Lipinski definition) is 0. The molecule has 0 saturated heterocycles. The van der Waals surface area contributed by atoms with E-state index in [0.29, 0.717) is 18.2 Å². The molecule has 0 saturated carbocycles. The van der Waals surface area contributed by atoms with E-state index in [1.54, 1.807) is 4.90 Å². The fourth-order valence-electron chi connectivity index (χ4n) is 3.17. The van der Waals surface area contributed by atoms with Gasteiger partial charge < -0.3 is 4.57 Å². The molecule has 7 heteroatoms. The maximum absolute atomic E-state index is 12.9. The average Bonchev–Trinajstić information content (AvgIpc) is 3.37. The summed E-state index contributed by atoms with van der Waals surface area (Å²) in [5.41, 5.74) is 3.06.